The fourth-order valence-electron chi connectivity index (χ4n) is 4.01. The van der Waals surface area contributed by atoms with E-state index >= 15 is 0 Å². The van der Waals surface area contributed by atoms with Gasteiger partial charge in [-0.1, -0.05) is 13.3 Å². The summed E-state index contributed by atoms with van der Waals surface area (Å²) in [5.41, 5.74) is 0.0282. The molecule has 0 aromatic heterocycles. The summed E-state index contributed by atoms with van der Waals surface area (Å²) in [6.07, 6.45) is 8.99. The molecule has 2 bridgehead atoms. The molecule has 3 heteroatoms. The Labute approximate surface area is 96.4 Å². The van der Waals surface area contributed by atoms with Gasteiger partial charge in [0.15, 0.2) is 0 Å². The molecule has 0 N–H and O–H groups in total. The number of hydrogen-bond donors (Lipinski definition) is 0. The molecule has 0 amide bonds. The van der Waals surface area contributed by atoms with E-state index in [9.17, 15) is 0 Å². The number of ether oxygens (including phenoxy) is 3. The van der Waals surface area contributed by atoms with Crippen LogP contribution in [-0.4, -0.2) is 36.1 Å². The summed E-state index contributed by atoms with van der Waals surface area (Å²) in [5, 5.41) is 0. The van der Waals surface area contributed by atoms with Gasteiger partial charge in [-0.3, -0.25) is 0 Å². The number of rotatable bonds is 2. The molecular formula is C13H20O3. The van der Waals surface area contributed by atoms with Crippen molar-refractivity contribution in [3.8, 4) is 0 Å². The molecule has 0 aromatic rings. The molecule has 4 aliphatic rings. The van der Waals surface area contributed by atoms with Crippen LogP contribution in [0.2, 0.25) is 0 Å². The smallest absolute Gasteiger partial charge is 0.110 e. The third-order valence-corrected chi connectivity index (χ3v) is 4.77. The lowest BCUT2D eigenvalue weighted by molar-refractivity contribution is -0.171. The summed E-state index contributed by atoms with van der Waals surface area (Å²) in [4.78, 5) is 0. The second-order valence-corrected chi connectivity index (χ2v) is 5.88. The quantitative estimate of drug-likeness (QED) is 0.672. The lowest BCUT2D eigenvalue weighted by atomic mass is 9.78. The average molecular weight is 224 g/mol. The van der Waals surface area contributed by atoms with Crippen molar-refractivity contribution in [3.63, 3.8) is 0 Å². The molecule has 4 rings (SSSR count). The molecule has 6 atom stereocenters. The van der Waals surface area contributed by atoms with Crippen LogP contribution in [0.1, 0.15) is 45.4 Å². The standard InChI is InChI=1S/C13H20O3/c1-2-3-8-4-5-11-13(16-8)6-9(14-11)12-10(7-13)15-12/h8-12H,2-7H2,1H3/t8-,9+,10+,11-,12-,13+/m0/s1. The average Bonchev–Trinajstić information content (AvgIpc) is 2.94. The van der Waals surface area contributed by atoms with Crippen molar-refractivity contribution in [2.75, 3.05) is 0 Å². The summed E-state index contributed by atoms with van der Waals surface area (Å²) in [7, 11) is 0. The van der Waals surface area contributed by atoms with Crippen LogP contribution < -0.4 is 0 Å². The van der Waals surface area contributed by atoms with Gasteiger partial charge in [0, 0.05) is 12.8 Å². The summed E-state index contributed by atoms with van der Waals surface area (Å²) >= 11 is 0. The molecule has 0 radical (unpaired) electrons. The van der Waals surface area contributed by atoms with E-state index in [1.165, 1.54) is 25.7 Å². The van der Waals surface area contributed by atoms with E-state index in [2.05, 4.69) is 6.92 Å². The molecule has 3 aliphatic heterocycles. The van der Waals surface area contributed by atoms with Crippen molar-refractivity contribution >= 4 is 0 Å². The van der Waals surface area contributed by atoms with E-state index in [-0.39, 0.29) is 5.60 Å². The van der Waals surface area contributed by atoms with Crippen LogP contribution in [0.3, 0.4) is 0 Å². The van der Waals surface area contributed by atoms with E-state index in [1.807, 2.05) is 0 Å². The van der Waals surface area contributed by atoms with E-state index in [4.69, 9.17) is 14.2 Å². The molecule has 3 saturated heterocycles. The maximum atomic E-state index is 6.40. The first-order chi connectivity index (χ1) is 7.81. The van der Waals surface area contributed by atoms with Crippen molar-refractivity contribution in [3.05, 3.63) is 0 Å². The molecular weight excluding hydrogens is 204 g/mol. The van der Waals surface area contributed by atoms with Gasteiger partial charge in [0.2, 0.25) is 0 Å². The van der Waals surface area contributed by atoms with E-state index in [0.29, 0.717) is 30.5 Å². The topological polar surface area (TPSA) is 31.0 Å². The molecule has 0 aromatic carbocycles. The zero-order valence-electron chi connectivity index (χ0n) is 9.85. The largest absolute Gasteiger partial charge is 0.369 e. The SMILES string of the molecule is CCC[C@H]1CC[C@@H]2O[C@@H]3C[C@]2(C[C@H]2O[C@H]23)O1. The van der Waals surface area contributed by atoms with Crippen LogP contribution in [0.4, 0.5) is 0 Å². The predicted molar refractivity (Wildman–Crippen MR) is 58.3 cm³/mol. The highest BCUT2D eigenvalue weighted by Gasteiger charge is 2.66. The molecule has 0 unspecified atom stereocenters. The fraction of sp³-hybridized carbons (Fsp3) is 1.00. The monoisotopic (exact) mass is 224 g/mol. The van der Waals surface area contributed by atoms with E-state index in [0.717, 1.165) is 12.8 Å². The number of epoxide rings is 1. The van der Waals surface area contributed by atoms with Gasteiger partial charge in [-0.05, 0) is 19.3 Å². The van der Waals surface area contributed by atoms with Gasteiger partial charge in [0.1, 0.15) is 6.10 Å². The number of fused-ring (bicyclic) bond motifs is 3. The maximum absolute atomic E-state index is 6.40. The predicted octanol–water partition coefficient (Wildman–Crippen LogP) is 2.03. The van der Waals surface area contributed by atoms with Gasteiger partial charge in [0.05, 0.1) is 30.0 Å². The molecule has 1 saturated carbocycles. The van der Waals surface area contributed by atoms with Crippen LogP contribution in [0.5, 0.6) is 0 Å². The highest BCUT2D eigenvalue weighted by atomic mass is 16.6. The third-order valence-electron chi connectivity index (χ3n) is 4.77. The lowest BCUT2D eigenvalue weighted by Gasteiger charge is -2.42. The molecule has 4 fully saturated rings. The Kier molecular flexibility index (Phi) is 1.98. The normalized spacial score (nSPS) is 57.9. The second-order valence-electron chi connectivity index (χ2n) is 5.88. The van der Waals surface area contributed by atoms with Gasteiger partial charge in [-0.2, -0.15) is 0 Å². The summed E-state index contributed by atoms with van der Waals surface area (Å²) in [6, 6.07) is 0. The maximum Gasteiger partial charge on any atom is 0.110 e. The molecule has 1 spiro atoms. The van der Waals surface area contributed by atoms with Crippen LogP contribution in [0, 0.1) is 0 Å². The van der Waals surface area contributed by atoms with Crippen LogP contribution in [0.15, 0.2) is 0 Å². The Bertz CT molecular complexity index is 302. The number of hydrogen-bond acceptors (Lipinski definition) is 3. The second kappa shape index (κ2) is 3.21. The van der Waals surface area contributed by atoms with Crippen molar-refractivity contribution in [2.45, 2.75) is 81.6 Å². The molecule has 1 aliphatic carbocycles. The molecule has 90 valence electrons. The van der Waals surface area contributed by atoms with Gasteiger partial charge >= 0.3 is 0 Å². The van der Waals surface area contributed by atoms with E-state index < -0.39 is 0 Å². The first-order valence-corrected chi connectivity index (χ1v) is 6.79. The van der Waals surface area contributed by atoms with Gasteiger partial charge in [-0.25, -0.2) is 0 Å². The minimum atomic E-state index is 0.0282. The third kappa shape index (κ3) is 1.25. The first kappa shape index (κ1) is 9.86. The van der Waals surface area contributed by atoms with Crippen molar-refractivity contribution in [1.82, 2.24) is 0 Å². The Morgan fingerprint density at radius 3 is 2.75 bits per heavy atom. The summed E-state index contributed by atoms with van der Waals surface area (Å²) in [6.45, 7) is 2.24. The Hall–Kier alpha value is -0.120. The lowest BCUT2D eigenvalue weighted by Crippen LogP contribution is -2.50. The fourth-order valence-corrected chi connectivity index (χ4v) is 4.01. The van der Waals surface area contributed by atoms with Gasteiger partial charge < -0.3 is 14.2 Å². The van der Waals surface area contributed by atoms with Crippen molar-refractivity contribution in [1.29, 1.82) is 0 Å². The Morgan fingerprint density at radius 2 is 1.94 bits per heavy atom. The first-order valence-electron chi connectivity index (χ1n) is 6.79. The zero-order chi connectivity index (χ0) is 10.8. The van der Waals surface area contributed by atoms with E-state index in [1.54, 1.807) is 0 Å². The summed E-state index contributed by atoms with van der Waals surface area (Å²) in [5.74, 6) is 0. The molecule has 3 heterocycles. The minimum absolute atomic E-state index is 0.0282. The Balaban J connectivity index is 1.56. The highest BCUT2D eigenvalue weighted by Crippen LogP contribution is 2.55. The van der Waals surface area contributed by atoms with Crippen LogP contribution in [-0.2, 0) is 14.2 Å². The highest BCUT2D eigenvalue weighted by molar-refractivity contribution is 5.14. The molecule has 3 nitrogen and oxygen atoms in total. The van der Waals surface area contributed by atoms with Crippen molar-refractivity contribution in [2.24, 2.45) is 0 Å². The minimum Gasteiger partial charge on any atom is -0.369 e. The van der Waals surface area contributed by atoms with Gasteiger partial charge in [0.25, 0.3) is 0 Å². The molecule has 16 heavy (non-hydrogen) atoms. The Morgan fingerprint density at radius 1 is 1.12 bits per heavy atom. The van der Waals surface area contributed by atoms with Crippen molar-refractivity contribution < 1.29 is 14.2 Å². The van der Waals surface area contributed by atoms with Crippen LogP contribution >= 0.6 is 0 Å². The van der Waals surface area contributed by atoms with Crippen LogP contribution in [0.25, 0.3) is 0 Å². The summed E-state index contributed by atoms with van der Waals surface area (Å²) < 4.78 is 18.2. The van der Waals surface area contributed by atoms with Gasteiger partial charge in [-0.15, -0.1) is 0 Å². The zero-order valence-corrected chi connectivity index (χ0v) is 9.85.